The zero-order valence-corrected chi connectivity index (χ0v) is 17.5. The second kappa shape index (κ2) is 9.55. The zero-order chi connectivity index (χ0) is 21.7. The van der Waals surface area contributed by atoms with Crippen LogP contribution in [0.25, 0.3) is 0 Å². The first-order valence-corrected chi connectivity index (χ1v) is 10.6. The molecule has 30 heavy (non-hydrogen) atoms. The number of ether oxygens (including phenoxy) is 2. The Labute approximate surface area is 176 Å². The normalized spacial score (nSPS) is 11.6. The molecule has 0 spiro atoms. The van der Waals surface area contributed by atoms with Crippen molar-refractivity contribution in [3.05, 3.63) is 65.6 Å². The molecular weight excluding hydrogens is 409 g/mol. The molecule has 0 aliphatic rings. The maximum absolute atomic E-state index is 13.6. The number of rotatable bonds is 7. The summed E-state index contributed by atoms with van der Waals surface area (Å²) in [6.07, 6.45) is 1.56. The van der Waals surface area contributed by atoms with Gasteiger partial charge in [0, 0.05) is 17.8 Å². The Hall–Kier alpha value is -3.17. The summed E-state index contributed by atoms with van der Waals surface area (Å²) in [5.41, 5.74) is 1.13. The molecule has 1 atom stereocenters. The van der Waals surface area contributed by atoms with Crippen LogP contribution in [0.3, 0.4) is 0 Å². The number of benzene rings is 2. The predicted octanol–water partition coefficient (Wildman–Crippen LogP) is 4.10. The molecule has 1 amide bonds. The molecule has 0 aliphatic heterocycles. The van der Waals surface area contributed by atoms with Gasteiger partial charge in [0.25, 0.3) is 11.8 Å². The van der Waals surface area contributed by atoms with Crippen molar-refractivity contribution in [2.75, 3.05) is 18.2 Å². The molecule has 156 valence electrons. The predicted molar refractivity (Wildman–Crippen MR) is 111 cm³/mol. The summed E-state index contributed by atoms with van der Waals surface area (Å²) in [5.74, 6) is -0.631. The average molecular weight is 429 g/mol. The van der Waals surface area contributed by atoms with Gasteiger partial charge in [0.1, 0.15) is 17.6 Å². The van der Waals surface area contributed by atoms with E-state index in [1.807, 2.05) is 0 Å². The summed E-state index contributed by atoms with van der Waals surface area (Å²) in [6, 6.07) is 12.1. The van der Waals surface area contributed by atoms with E-state index in [2.05, 4.69) is 15.5 Å². The van der Waals surface area contributed by atoms with E-state index in [-0.39, 0.29) is 22.9 Å². The van der Waals surface area contributed by atoms with Gasteiger partial charge in [-0.1, -0.05) is 6.07 Å². The van der Waals surface area contributed by atoms with Crippen molar-refractivity contribution in [1.82, 2.24) is 10.2 Å². The summed E-state index contributed by atoms with van der Waals surface area (Å²) >= 11 is -1.18. The number of halogens is 1. The van der Waals surface area contributed by atoms with Gasteiger partial charge in [-0.15, -0.1) is 5.10 Å². The van der Waals surface area contributed by atoms with E-state index in [9.17, 15) is 13.7 Å². The van der Waals surface area contributed by atoms with E-state index in [1.165, 1.54) is 24.3 Å². The minimum absolute atomic E-state index is 0.0547. The highest BCUT2D eigenvalue weighted by atomic mass is 32.2. The largest absolute Gasteiger partial charge is 0.612 e. The maximum Gasteiger partial charge on any atom is 0.261 e. The van der Waals surface area contributed by atoms with Crippen LogP contribution in [0.15, 0.2) is 53.4 Å². The van der Waals surface area contributed by atoms with Crippen LogP contribution >= 0.6 is 0 Å². The highest BCUT2D eigenvalue weighted by molar-refractivity contribution is 7.90. The van der Waals surface area contributed by atoms with Crippen molar-refractivity contribution in [2.24, 2.45) is 0 Å². The molecule has 0 fully saturated rings. The number of aryl methyl sites for hydroxylation is 1. The maximum atomic E-state index is 13.6. The molecule has 0 saturated heterocycles. The van der Waals surface area contributed by atoms with E-state index in [0.717, 1.165) is 0 Å². The summed E-state index contributed by atoms with van der Waals surface area (Å²) in [5, 5.41) is 10.7. The Morgan fingerprint density at radius 2 is 1.97 bits per heavy atom. The van der Waals surface area contributed by atoms with Crippen molar-refractivity contribution in [1.29, 1.82) is 0 Å². The number of nitrogens with one attached hydrogen (secondary N) is 1. The second-order valence-electron chi connectivity index (χ2n) is 6.27. The lowest BCUT2D eigenvalue weighted by molar-refractivity contribution is 0.102. The van der Waals surface area contributed by atoms with E-state index < -0.39 is 22.9 Å². The van der Waals surface area contributed by atoms with Crippen LogP contribution in [-0.4, -0.2) is 33.5 Å². The molecule has 1 N–H and O–H groups in total. The van der Waals surface area contributed by atoms with E-state index in [1.54, 1.807) is 44.4 Å². The monoisotopic (exact) mass is 429 g/mol. The summed E-state index contributed by atoms with van der Waals surface area (Å²) < 4.78 is 36.4. The molecule has 3 aromatic rings. The summed E-state index contributed by atoms with van der Waals surface area (Å²) in [4.78, 5) is 13.5. The number of hydrogen-bond acceptors (Lipinski definition) is 6. The number of aromatic nitrogens is 2. The standard InChI is InChI=1S/C21H20FN3O4S/c1-4-28-19-11-14(22)8-9-18(19)29-21-17(10-13(2)24-25-21)20(26)23-15-6-5-7-16(12-15)30(3)27/h5-12H,4H2,1-3H3,(H,23,26). The van der Waals surface area contributed by atoms with Gasteiger partial charge in [0.15, 0.2) is 16.4 Å². The van der Waals surface area contributed by atoms with Crippen LogP contribution in [-0.2, 0) is 11.2 Å². The Bertz CT molecular complexity index is 1060. The lowest BCUT2D eigenvalue weighted by Crippen LogP contribution is -2.15. The van der Waals surface area contributed by atoms with Crippen LogP contribution in [0.2, 0.25) is 0 Å². The van der Waals surface area contributed by atoms with Crippen LogP contribution < -0.4 is 14.8 Å². The zero-order valence-electron chi connectivity index (χ0n) is 16.6. The van der Waals surface area contributed by atoms with Crippen LogP contribution in [0.4, 0.5) is 10.1 Å². The summed E-state index contributed by atoms with van der Waals surface area (Å²) in [6.45, 7) is 3.76. The number of amides is 1. The van der Waals surface area contributed by atoms with Crippen molar-refractivity contribution in [3.63, 3.8) is 0 Å². The highest BCUT2D eigenvalue weighted by Gasteiger charge is 2.19. The molecule has 1 aromatic heterocycles. The molecule has 0 bridgehead atoms. The molecule has 0 radical (unpaired) electrons. The molecule has 9 heteroatoms. The molecule has 3 rings (SSSR count). The third-order valence-electron chi connectivity index (χ3n) is 3.96. The molecule has 1 unspecified atom stereocenters. The number of nitrogens with zero attached hydrogens (tertiary/aromatic N) is 2. The number of carbonyl (C=O) groups excluding carboxylic acids is 1. The number of hydrogen-bond donors (Lipinski definition) is 1. The molecule has 7 nitrogen and oxygen atoms in total. The second-order valence-corrected chi connectivity index (χ2v) is 7.65. The highest BCUT2D eigenvalue weighted by Crippen LogP contribution is 2.33. The third-order valence-corrected chi connectivity index (χ3v) is 4.88. The topological polar surface area (TPSA) is 96.4 Å². The minimum Gasteiger partial charge on any atom is -0.612 e. The molecule has 0 aliphatic carbocycles. The van der Waals surface area contributed by atoms with Crippen LogP contribution in [0.1, 0.15) is 23.0 Å². The first kappa shape index (κ1) is 21.5. The van der Waals surface area contributed by atoms with E-state index in [4.69, 9.17) is 9.47 Å². The number of anilines is 1. The SMILES string of the molecule is CCOc1cc(F)ccc1Oc1nnc(C)cc1C(=O)Nc1cccc([S+](C)[O-])c1. The lowest BCUT2D eigenvalue weighted by atomic mass is 10.2. The van der Waals surface area contributed by atoms with Crippen molar-refractivity contribution >= 4 is 22.8 Å². The molecule has 1 heterocycles. The van der Waals surface area contributed by atoms with Crippen LogP contribution in [0, 0.1) is 12.7 Å². The quantitative estimate of drug-likeness (QED) is 0.568. The Kier molecular flexibility index (Phi) is 6.86. The molecule has 0 saturated carbocycles. The van der Waals surface area contributed by atoms with Gasteiger partial charge in [-0.05, 0) is 55.4 Å². The summed E-state index contributed by atoms with van der Waals surface area (Å²) in [7, 11) is 0. The van der Waals surface area contributed by atoms with Crippen molar-refractivity contribution in [2.45, 2.75) is 18.7 Å². The van der Waals surface area contributed by atoms with Gasteiger partial charge in [0.05, 0.1) is 12.3 Å². The van der Waals surface area contributed by atoms with Gasteiger partial charge in [-0.25, -0.2) is 4.39 Å². The first-order valence-electron chi connectivity index (χ1n) is 9.06. The smallest absolute Gasteiger partial charge is 0.261 e. The van der Waals surface area contributed by atoms with Crippen molar-refractivity contribution < 1.29 is 23.2 Å². The van der Waals surface area contributed by atoms with Crippen LogP contribution in [0.5, 0.6) is 17.4 Å². The van der Waals surface area contributed by atoms with Crippen molar-refractivity contribution in [3.8, 4) is 17.4 Å². The fourth-order valence-electron chi connectivity index (χ4n) is 2.61. The Balaban J connectivity index is 1.91. The number of carbonyl (C=O) groups is 1. The van der Waals surface area contributed by atoms with Gasteiger partial charge in [-0.2, -0.15) is 5.10 Å². The van der Waals surface area contributed by atoms with Gasteiger partial charge in [0.2, 0.25) is 0 Å². The van der Waals surface area contributed by atoms with Gasteiger partial charge < -0.3 is 19.3 Å². The van der Waals surface area contributed by atoms with Gasteiger partial charge in [-0.3, -0.25) is 4.79 Å². The Morgan fingerprint density at radius 3 is 2.70 bits per heavy atom. The third kappa shape index (κ3) is 5.25. The first-order chi connectivity index (χ1) is 14.4. The fraction of sp³-hybridized carbons (Fsp3) is 0.190. The Morgan fingerprint density at radius 1 is 1.17 bits per heavy atom. The molecule has 2 aromatic carbocycles. The lowest BCUT2D eigenvalue weighted by Gasteiger charge is -2.14. The van der Waals surface area contributed by atoms with E-state index >= 15 is 0 Å². The minimum atomic E-state index is -1.18. The molecular formula is C21H20FN3O4S. The fourth-order valence-corrected chi connectivity index (χ4v) is 3.17. The van der Waals surface area contributed by atoms with E-state index in [0.29, 0.717) is 22.9 Å². The average Bonchev–Trinajstić information content (AvgIpc) is 2.71. The van der Waals surface area contributed by atoms with Gasteiger partial charge >= 0.3 is 0 Å².